The number of hydrogen-bond acceptors (Lipinski definition) is 2. The maximum atomic E-state index is 13.2. The SMILES string of the molecule is Nc1cc(Br)cc2[nH]c(C3CCC(F)(F)C3)nc12. The maximum absolute atomic E-state index is 13.2. The molecule has 3 nitrogen and oxygen atoms in total. The second-order valence-corrected chi connectivity index (χ2v) is 5.72. The molecule has 0 amide bonds. The maximum Gasteiger partial charge on any atom is 0.248 e. The molecule has 0 radical (unpaired) electrons. The van der Waals surface area contributed by atoms with Gasteiger partial charge in [0.2, 0.25) is 5.92 Å². The van der Waals surface area contributed by atoms with E-state index in [4.69, 9.17) is 5.73 Å². The van der Waals surface area contributed by atoms with Gasteiger partial charge in [0.25, 0.3) is 0 Å². The Bertz CT molecular complexity index is 609. The number of anilines is 1. The molecule has 96 valence electrons. The van der Waals surface area contributed by atoms with E-state index < -0.39 is 5.92 Å². The fourth-order valence-corrected chi connectivity index (χ4v) is 2.98. The van der Waals surface area contributed by atoms with Crippen molar-refractivity contribution in [3.63, 3.8) is 0 Å². The number of rotatable bonds is 1. The van der Waals surface area contributed by atoms with Crippen molar-refractivity contribution in [2.45, 2.75) is 31.1 Å². The predicted octanol–water partition coefficient (Wildman–Crippen LogP) is 3.81. The van der Waals surface area contributed by atoms with Crippen molar-refractivity contribution in [2.24, 2.45) is 0 Å². The molecule has 6 heteroatoms. The van der Waals surface area contributed by atoms with Gasteiger partial charge in [-0.3, -0.25) is 0 Å². The molecule has 0 saturated heterocycles. The van der Waals surface area contributed by atoms with Gasteiger partial charge in [-0.1, -0.05) is 15.9 Å². The average Bonchev–Trinajstić information content (AvgIpc) is 2.81. The van der Waals surface area contributed by atoms with Crippen LogP contribution in [0.5, 0.6) is 0 Å². The highest BCUT2D eigenvalue weighted by molar-refractivity contribution is 9.10. The van der Waals surface area contributed by atoms with E-state index in [1.54, 1.807) is 6.07 Å². The number of imidazole rings is 1. The molecule has 1 unspecified atom stereocenters. The lowest BCUT2D eigenvalue weighted by molar-refractivity contribution is 0.00756. The molecule has 3 rings (SSSR count). The molecule has 3 N–H and O–H groups in total. The molecule has 1 heterocycles. The fraction of sp³-hybridized carbons (Fsp3) is 0.417. The second-order valence-electron chi connectivity index (χ2n) is 4.81. The van der Waals surface area contributed by atoms with Crippen LogP contribution >= 0.6 is 15.9 Å². The minimum Gasteiger partial charge on any atom is -0.397 e. The predicted molar refractivity (Wildman–Crippen MR) is 69.7 cm³/mol. The number of hydrogen-bond donors (Lipinski definition) is 2. The van der Waals surface area contributed by atoms with Gasteiger partial charge in [-0.15, -0.1) is 0 Å². The molecule has 1 aromatic heterocycles. The summed E-state index contributed by atoms with van der Waals surface area (Å²) in [7, 11) is 0. The number of alkyl halides is 2. The number of nitrogens with two attached hydrogens (primary N) is 1. The van der Waals surface area contributed by atoms with Crippen molar-refractivity contribution in [1.82, 2.24) is 9.97 Å². The zero-order chi connectivity index (χ0) is 12.9. The first-order valence-corrected chi connectivity index (χ1v) is 6.56. The number of nitrogen functional groups attached to an aromatic ring is 1. The number of nitrogens with zero attached hydrogens (tertiary/aromatic N) is 1. The van der Waals surface area contributed by atoms with Crippen LogP contribution in [0.3, 0.4) is 0 Å². The zero-order valence-electron chi connectivity index (χ0n) is 9.51. The summed E-state index contributed by atoms with van der Waals surface area (Å²) in [5.41, 5.74) is 7.85. The fourth-order valence-electron chi connectivity index (χ4n) is 2.50. The first-order valence-electron chi connectivity index (χ1n) is 5.77. The summed E-state index contributed by atoms with van der Waals surface area (Å²) in [6, 6.07) is 3.62. The number of aromatic amines is 1. The Morgan fingerprint density at radius 2 is 2.22 bits per heavy atom. The van der Waals surface area contributed by atoms with Crippen LogP contribution in [0.2, 0.25) is 0 Å². The van der Waals surface area contributed by atoms with Crippen LogP contribution in [-0.4, -0.2) is 15.9 Å². The molecular weight excluding hydrogens is 304 g/mol. The van der Waals surface area contributed by atoms with Crippen LogP contribution in [0.25, 0.3) is 11.0 Å². The van der Waals surface area contributed by atoms with E-state index in [0.717, 1.165) is 9.99 Å². The summed E-state index contributed by atoms with van der Waals surface area (Å²) in [5.74, 6) is -2.15. The highest BCUT2D eigenvalue weighted by Gasteiger charge is 2.41. The largest absolute Gasteiger partial charge is 0.397 e. The van der Waals surface area contributed by atoms with E-state index in [1.165, 1.54) is 0 Å². The van der Waals surface area contributed by atoms with Gasteiger partial charge in [0.05, 0.1) is 11.2 Å². The lowest BCUT2D eigenvalue weighted by Gasteiger charge is -2.07. The third-order valence-electron chi connectivity index (χ3n) is 3.39. The standard InChI is InChI=1S/C12H12BrF2N3/c13-7-3-8(16)10-9(4-7)17-11(18-10)6-1-2-12(14,15)5-6/h3-4,6H,1-2,5,16H2,(H,17,18). The second kappa shape index (κ2) is 3.91. The van der Waals surface area contributed by atoms with Crippen LogP contribution in [-0.2, 0) is 0 Å². The van der Waals surface area contributed by atoms with E-state index in [1.807, 2.05) is 6.07 Å². The Morgan fingerprint density at radius 3 is 2.89 bits per heavy atom. The molecule has 1 atom stereocenters. The Hall–Kier alpha value is -1.17. The summed E-state index contributed by atoms with van der Waals surface area (Å²) < 4.78 is 27.3. The molecule has 1 saturated carbocycles. The number of H-pyrrole nitrogens is 1. The van der Waals surface area contributed by atoms with Gasteiger partial charge in [0.15, 0.2) is 0 Å². The zero-order valence-corrected chi connectivity index (χ0v) is 11.1. The van der Waals surface area contributed by atoms with Crippen LogP contribution in [0.1, 0.15) is 31.0 Å². The molecule has 0 spiro atoms. The van der Waals surface area contributed by atoms with Crippen molar-refractivity contribution in [1.29, 1.82) is 0 Å². The third kappa shape index (κ3) is 1.98. The average molecular weight is 316 g/mol. The van der Waals surface area contributed by atoms with Gasteiger partial charge >= 0.3 is 0 Å². The molecule has 1 aromatic carbocycles. The molecule has 0 bridgehead atoms. The third-order valence-corrected chi connectivity index (χ3v) is 3.85. The van der Waals surface area contributed by atoms with Gasteiger partial charge in [0.1, 0.15) is 11.3 Å². The summed E-state index contributed by atoms with van der Waals surface area (Å²) in [4.78, 5) is 7.47. The van der Waals surface area contributed by atoms with Gasteiger partial charge < -0.3 is 10.7 Å². The first kappa shape index (κ1) is 11.9. The monoisotopic (exact) mass is 315 g/mol. The van der Waals surface area contributed by atoms with Crippen LogP contribution in [0.15, 0.2) is 16.6 Å². The molecule has 1 aliphatic carbocycles. The van der Waals surface area contributed by atoms with Crippen molar-refractivity contribution in [2.75, 3.05) is 5.73 Å². The van der Waals surface area contributed by atoms with Gasteiger partial charge in [-0.2, -0.15) is 0 Å². The van der Waals surface area contributed by atoms with Crippen molar-refractivity contribution < 1.29 is 8.78 Å². The number of halogens is 3. The molecular formula is C12H12BrF2N3. The van der Waals surface area contributed by atoms with E-state index >= 15 is 0 Å². The molecule has 1 aliphatic rings. The summed E-state index contributed by atoms with van der Waals surface area (Å²) in [6.07, 6.45) is 0.273. The van der Waals surface area contributed by atoms with E-state index in [0.29, 0.717) is 23.4 Å². The van der Waals surface area contributed by atoms with Crippen molar-refractivity contribution >= 4 is 32.7 Å². The lowest BCUT2D eigenvalue weighted by atomic mass is 10.1. The van der Waals surface area contributed by atoms with Gasteiger partial charge in [-0.25, -0.2) is 13.8 Å². The Morgan fingerprint density at radius 1 is 1.44 bits per heavy atom. The van der Waals surface area contributed by atoms with E-state index in [-0.39, 0.29) is 18.8 Å². The molecule has 0 aliphatic heterocycles. The molecule has 18 heavy (non-hydrogen) atoms. The summed E-state index contributed by atoms with van der Waals surface area (Å²) in [5, 5.41) is 0. The smallest absolute Gasteiger partial charge is 0.248 e. The normalized spacial score (nSPS) is 22.7. The lowest BCUT2D eigenvalue weighted by Crippen LogP contribution is -2.09. The number of aromatic nitrogens is 2. The molecule has 2 aromatic rings. The number of benzene rings is 1. The summed E-state index contributed by atoms with van der Waals surface area (Å²) >= 11 is 3.35. The van der Waals surface area contributed by atoms with Crippen LogP contribution in [0.4, 0.5) is 14.5 Å². The number of nitrogens with one attached hydrogen (secondary N) is 1. The van der Waals surface area contributed by atoms with Crippen LogP contribution in [0, 0.1) is 0 Å². The minimum atomic E-state index is -2.56. The topological polar surface area (TPSA) is 54.7 Å². The Kier molecular flexibility index (Phi) is 2.59. The van der Waals surface area contributed by atoms with Crippen molar-refractivity contribution in [3.8, 4) is 0 Å². The first-order chi connectivity index (χ1) is 8.44. The molecule has 1 fully saturated rings. The Labute approximate surface area is 111 Å². The van der Waals surface area contributed by atoms with Gasteiger partial charge in [0, 0.05) is 23.2 Å². The van der Waals surface area contributed by atoms with Gasteiger partial charge in [-0.05, 0) is 18.6 Å². The van der Waals surface area contributed by atoms with Crippen molar-refractivity contribution in [3.05, 3.63) is 22.4 Å². The van der Waals surface area contributed by atoms with Crippen LogP contribution < -0.4 is 5.73 Å². The highest BCUT2D eigenvalue weighted by atomic mass is 79.9. The van der Waals surface area contributed by atoms with E-state index in [9.17, 15) is 8.78 Å². The Balaban J connectivity index is 2.02. The quantitative estimate of drug-likeness (QED) is 0.786. The number of fused-ring (bicyclic) bond motifs is 1. The van der Waals surface area contributed by atoms with E-state index in [2.05, 4.69) is 25.9 Å². The highest BCUT2D eigenvalue weighted by Crippen LogP contribution is 2.43. The minimum absolute atomic E-state index is 0.0616. The summed E-state index contributed by atoms with van der Waals surface area (Å²) in [6.45, 7) is 0.